The molecule has 1 saturated heterocycles. The van der Waals surface area contributed by atoms with E-state index < -0.39 is 0 Å². The van der Waals surface area contributed by atoms with Gasteiger partial charge in [0.15, 0.2) is 5.78 Å². The molecule has 4 nitrogen and oxygen atoms in total. The van der Waals surface area contributed by atoms with Crippen LogP contribution in [0.5, 0.6) is 0 Å². The van der Waals surface area contributed by atoms with Crippen LogP contribution in [0.4, 0.5) is 0 Å². The molecule has 1 heterocycles. The van der Waals surface area contributed by atoms with Gasteiger partial charge in [0.1, 0.15) is 0 Å². The number of carbonyl (C=O) groups is 2. The molecule has 4 heteroatoms. The van der Waals surface area contributed by atoms with Gasteiger partial charge in [-0.1, -0.05) is 38.1 Å². The van der Waals surface area contributed by atoms with Gasteiger partial charge in [0.05, 0.1) is 5.92 Å². The van der Waals surface area contributed by atoms with E-state index in [-0.39, 0.29) is 23.5 Å². The van der Waals surface area contributed by atoms with Crippen LogP contribution >= 0.6 is 0 Å². The molecule has 1 aromatic carbocycles. The molecule has 0 unspecified atom stereocenters. The summed E-state index contributed by atoms with van der Waals surface area (Å²) in [5.74, 6) is 0.167. The number of nitrogens with zero attached hydrogens (tertiary/aromatic N) is 2. The number of rotatable bonds is 5. The van der Waals surface area contributed by atoms with Gasteiger partial charge in [-0.15, -0.1) is 0 Å². The number of hydrogen-bond acceptors (Lipinski definition) is 3. The molecule has 0 radical (unpaired) electrons. The Kier molecular flexibility index (Phi) is 6.77. The number of likely N-dealkylation sites (tertiary alicyclic amines) is 1. The number of carbonyl (C=O) groups excluding carboxylic acids is 2. The Balaban J connectivity index is 2.03. The first-order valence-corrected chi connectivity index (χ1v) is 9.40. The van der Waals surface area contributed by atoms with Gasteiger partial charge in [-0.2, -0.15) is 0 Å². The highest BCUT2D eigenvalue weighted by molar-refractivity contribution is 5.97. The van der Waals surface area contributed by atoms with E-state index in [1.807, 2.05) is 49.9 Å². The van der Waals surface area contributed by atoms with Crippen molar-refractivity contribution in [2.75, 3.05) is 27.2 Å². The third kappa shape index (κ3) is 4.91. The molecule has 0 aliphatic carbocycles. The highest BCUT2D eigenvalue weighted by Gasteiger charge is 2.26. The van der Waals surface area contributed by atoms with Gasteiger partial charge < -0.3 is 9.80 Å². The standard InChI is InChI=1S/C21H32N2O2/c1-15(2)20(24)18-10-8-17(9-11-18)16(3)21(25)23-13-6-7-19(12-14-23)22(4)5/h8-11,15-16,19H,6-7,12-14H2,1-5H3/t16-,19-/m1/s1. The molecule has 0 bridgehead atoms. The molecule has 138 valence electrons. The fourth-order valence-electron chi connectivity index (χ4n) is 3.50. The lowest BCUT2D eigenvalue weighted by molar-refractivity contribution is -0.132. The maximum Gasteiger partial charge on any atom is 0.229 e. The summed E-state index contributed by atoms with van der Waals surface area (Å²) in [6.45, 7) is 7.45. The van der Waals surface area contributed by atoms with E-state index in [1.165, 1.54) is 0 Å². The smallest absolute Gasteiger partial charge is 0.229 e. The molecule has 0 saturated carbocycles. The van der Waals surface area contributed by atoms with E-state index in [0.717, 1.165) is 43.5 Å². The quantitative estimate of drug-likeness (QED) is 0.767. The molecule has 0 spiro atoms. The average molecular weight is 344 g/mol. The van der Waals surface area contributed by atoms with Crippen LogP contribution in [0.25, 0.3) is 0 Å². The summed E-state index contributed by atoms with van der Waals surface area (Å²) in [7, 11) is 4.23. The SMILES string of the molecule is CC(C)C(=O)c1ccc([C@@H](C)C(=O)N2CCC[C@@H](N(C)C)CC2)cc1. The summed E-state index contributed by atoms with van der Waals surface area (Å²) in [6.07, 6.45) is 3.24. The topological polar surface area (TPSA) is 40.6 Å². The molecule has 2 atom stereocenters. The fraction of sp³-hybridized carbons (Fsp3) is 0.619. The lowest BCUT2D eigenvalue weighted by Crippen LogP contribution is -2.36. The Morgan fingerprint density at radius 2 is 1.68 bits per heavy atom. The van der Waals surface area contributed by atoms with Gasteiger partial charge in [0, 0.05) is 30.6 Å². The van der Waals surface area contributed by atoms with Crippen LogP contribution in [-0.2, 0) is 4.79 Å². The van der Waals surface area contributed by atoms with Crippen molar-refractivity contribution in [3.05, 3.63) is 35.4 Å². The van der Waals surface area contributed by atoms with Crippen molar-refractivity contribution >= 4 is 11.7 Å². The molecule has 1 fully saturated rings. The second-order valence-corrected chi connectivity index (χ2v) is 7.74. The van der Waals surface area contributed by atoms with E-state index in [2.05, 4.69) is 19.0 Å². The molecule has 1 aromatic rings. The molecular formula is C21H32N2O2. The van der Waals surface area contributed by atoms with E-state index in [9.17, 15) is 9.59 Å². The number of ketones is 1. The van der Waals surface area contributed by atoms with Gasteiger partial charge in [-0.3, -0.25) is 9.59 Å². The zero-order valence-corrected chi connectivity index (χ0v) is 16.3. The Bertz CT molecular complexity index is 592. The molecule has 2 rings (SSSR count). The van der Waals surface area contributed by atoms with Gasteiger partial charge in [0.2, 0.25) is 5.91 Å². The third-order valence-corrected chi connectivity index (χ3v) is 5.33. The third-order valence-electron chi connectivity index (χ3n) is 5.33. The van der Waals surface area contributed by atoms with Crippen molar-refractivity contribution in [3.8, 4) is 0 Å². The number of benzene rings is 1. The second kappa shape index (κ2) is 8.61. The second-order valence-electron chi connectivity index (χ2n) is 7.74. The van der Waals surface area contributed by atoms with Crippen LogP contribution in [0.3, 0.4) is 0 Å². The van der Waals surface area contributed by atoms with Gasteiger partial charge in [0.25, 0.3) is 0 Å². The number of amides is 1. The minimum absolute atomic E-state index is 0.00773. The lowest BCUT2D eigenvalue weighted by Gasteiger charge is -2.25. The van der Waals surface area contributed by atoms with Crippen molar-refractivity contribution in [3.63, 3.8) is 0 Å². The summed E-state index contributed by atoms with van der Waals surface area (Å²) in [5.41, 5.74) is 1.71. The average Bonchev–Trinajstić information content (AvgIpc) is 2.86. The van der Waals surface area contributed by atoms with Crippen molar-refractivity contribution in [1.82, 2.24) is 9.80 Å². The van der Waals surface area contributed by atoms with Gasteiger partial charge in [-0.05, 0) is 45.8 Å². The van der Waals surface area contributed by atoms with Crippen LogP contribution in [-0.4, -0.2) is 54.7 Å². The minimum atomic E-state index is -0.167. The fourth-order valence-corrected chi connectivity index (χ4v) is 3.50. The summed E-state index contributed by atoms with van der Waals surface area (Å²) < 4.78 is 0. The van der Waals surface area contributed by atoms with E-state index in [0.29, 0.717) is 6.04 Å². The Morgan fingerprint density at radius 1 is 1.04 bits per heavy atom. The molecule has 0 N–H and O–H groups in total. The highest BCUT2D eigenvalue weighted by atomic mass is 16.2. The van der Waals surface area contributed by atoms with Crippen LogP contribution in [0.2, 0.25) is 0 Å². The molecule has 0 aromatic heterocycles. The van der Waals surface area contributed by atoms with E-state index >= 15 is 0 Å². The predicted octanol–water partition coefficient (Wildman–Crippen LogP) is 3.57. The summed E-state index contributed by atoms with van der Waals surface area (Å²) >= 11 is 0. The Morgan fingerprint density at radius 3 is 2.24 bits per heavy atom. The van der Waals surface area contributed by atoms with Gasteiger partial charge >= 0.3 is 0 Å². The number of Topliss-reactive ketones (excluding diaryl/α,β-unsaturated/α-hetero) is 1. The first-order chi connectivity index (χ1) is 11.8. The normalized spacial score (nSPS) is 19.8. The lowest BCUT2D eigenvalue weighted by atomic mass is 9.95. The molecule has 25 heavy (non-hydrogen) atoms. The van der Waals surface area contributed by atoms with E-state index in [1.54, 1.807) is 0 Å². The maximum atomic E-state index is 12.9. The molecule has 1 amide bonds. The summed E-state index contributed by atoms with van der Waals surface area (Å²) in [6, 6.07) is 8.13. The highest BCUT2D eigenvalue weighted by Crippen LogP contribution is 2.22. The van der Waals surface area contributed by atoms with Crippen molar-refractivity contribution in [1.29, 1.82) is 0 Å². The first-order valence-electron chi connectivity index (χ1n) is 9.40. The van der Waals surface area contributed by atoms with Crippen LogP contribution in [0.1, 0.15) is 61.9 Å². The molecular weight excluding hydrogens is 312 g/mol. The minimum Gasteiger partial charge on any atom is -0.342 e. The van der Waals surface area contributed by atoms with E-state index in [4.69, 9.17) is 0 Å². The Labute approximate surface area is 152 Å². The number of hydrogen-bond donors (Lipinski definition) is 0. The monoisotopic (exact) mass is 344 g/mol. The van der Waals surface area contributed by atoms with Crippen molar-refractivity contribution in [2.45, 2.75) is 52.0 Å². The Hall–Kier alpha value is -1.68. The predicted molar refractivity (Wildman–Crippen MR) is 102 cm³/mol. The van der Waals surface area contributed by atoms with Gasteiger partial charge in [-0.25, -0.2) is 0 Å². The zero-order valence-electron chi connectivity index (χ0n) is 16.3. The van der Waals surface area contributed by atoms with Crippen LogP contribution in [0.15, 0.2) is 24.3 Å². The maximum absolute atomic E-state index is 12.9. The largest absolute Gasteiger partial charge is 0.342 e. The van der Waals surface area contributed by atoms with Crippen molar-refractivity contribution in [2.24, 2.45) is 5.92 Å². The summed E-state index contributed by atoms with van der Waals surface area (Å²) in [4.78, 5) is 29.2. The molecule has 1 aliphatic heterocycles. The summed E-state index contributed by atoms with van der Waals surface area (Å²) in [5, 5.41) is 0. The zero-order chi connectivity index (χ0) is 18.6. The van der Waals surface area contributed by atoms with Crippen LogP contribution < -0.4 is 0 Å². The first kappa shape index (κ1) is 19.6. The van der Waals surface area contributed by atoms with Crippen molar-refractivity contribution < 1.29 is 9.59 Å². The molecule has 1 aliphatic rings. The van der Waals surface area contributed by atoms with Crippen LogP contribution in [0, 0.1) is 5.92 Å².